The van der Waals surface area contributed by atoms with Crippen molar-refractivity contribution in [1.29, 1.82) is 0 Å². The quantitative estimate of drug-likeness (QED) is 0.0822. The van der Waals surface area contributed by atoms with Crippen molar-refractivity contribution in [2.75, 3.05) is 0 Å². The third-order valence-electron chi connectivity index (χ3n) is 15.2. The van der Waals surface area contributed by atoms with E-state index in [9.17, 15) is 0 Å². The number of benzene rings is 10. The molecule has 0 spiro atoms. The van der Waals surface area contributed by atoms with Gasteiger partial charge in [-0.2, -0.15) is 0 Å². The number of hydrogen-bond donors (Lipinski definition) is 0. The first-order chi connectivity index (χ1) is 37.6. The van der Waals surface area contributed by atoms with Crippen LogP contribution in [0.15, 0.2) is 205 Å². The third-order valence-corrected chi connectivity index (χ3v) is 17.3. The largest absolute Gasteiger partial charge is 0.500 e. The molecule has 78 heavy (non-hydrogen) atoms. The van der Waals surface area contributed by atoms with Crippen molar-refractivity contribution >= 4 is 78.5 Å². The maximum Gasteiger partial charge on any atom is 0.121 e. The predicted octanol–water partition coefficient (Wildman–Crippen LogP) is 19.6. The van der Waals surface area contributed by atoms with Gasteiger partial charge in [-0.15, -0.1) is 48.0 Å². The molecule has 0 saturated carbocycles. The van der Waals surface area contributed by atoms with Crippen LogP contribution in [0.2, 0.25) is 19.6 Å². The molecule has 1 radical (unpaired) electrons. The van der Waals surface area contributed by atoms with Crippen LogP contribution in [0.5, 0.6) is 0 Å². The molecule has 0 bridgehead atoms. The molecule has 6 heteroatoms. The maximum absolute atomic E-state index is 8.44. The van der Waals surface area contributed by atoms with E-state index in [4.69, 9.17) is 10.8 Å². The van der Waals surface area contributed by atoms with Gasteiger partial charge in [0.1, 0.15) is 5.58 Å². The molecule has 3 heterocycles. The van der Waals surface area contributed by atoms with Crippen LogP contribution in [0.25, 0.3) is 116 Å². The molecule has 0 aliphatic heterocycles. The van der Waals surface area contributed by atoms with Crippen LogP contribution < -0.4 is 5.19 Å². The summed E-state index contributed by atoms with van der Waals surface area (Å²) in [7, 11) is -1.50. The van der Waals surface area contributed by atoms with E-state index in [1.807, 2.05) is 44.3 Å². The van der Waals surface area contributed by atoms with Gasteiger partial charge in [-0.1, -0.05) is 217 Å². The fourth-order valence-corrected chi connectivity index (χ4v) is 12.9. The van der Waals surface area contributed by atoms with Gasteiger partial charge in [0.2, 0.25) is 0 Å². The van der Waals surface area contributed by atoms with E-state index in [0.29, 0.717) is 0 Å². The van der Waals surface area contributed by atoms with E-state index in [2.05, 4.69) is 239 Å². The van der Waals surface area contributed by atoms with Crippen LogP contribution >= 0.6 is 0 Å². The fourth-order valence-electron chi connectivity index (χ4n) is 11.3. The van der Waals surface area contributed by atoms with Crippen LogP contribution in [0.3, 0.4) is 0 Å². The van der Waals surface area contributed by atoms with Crippen molar-refractivity contribution < 1.29 is 25.9 Å². The molecule has 0 amide bonds. The van der Waals surface area contributed by atoms with E-state index in [0.717, 1.165) is 77.7 Å². The average molecular weight is 1210 g/mol. The van der Waals surface area contributed by atoms with Crippen molar-refractivity contribution in [3.63, 3.8) is 0 Å². The molecule has 0 atom stereocenters. The van der Waals surface area contributed by atoms with Gasteiger partial charge in [-0.05, 0) is 114 Å². The monoisotopic (exact) mass is 1210 g/mol. The minimum Gasteiger partial charge on any atom is -0.500 e. The van der Waals surface area contributed by atoms with Gasteiger partial charge in [-0.25, -0.2) is 0 Å². The summed E-state index contributed by atoms with van der Waals surface area (Å²) in [6, 6.07) is 75.9. The summed E-state index contributed by atoms with van der Waals surface area (Å²) in [4.78, 5) is 10.2. The number of nitrogens with zero attached hydrogens (tertiary/aromatic N) is 3. The number of pyridine rings is 1. The summed E-state index contributed by atoms with van der Waals surface area (Å²) >= 11 is 0. The van der Waals surface area contributed by atoms with E-state index >= 15 is 0 Å². The molecule has 387 valence electrons. The van der Waals surface area contributed by atoms with Crippen molar-refractivity contribution in [2.45, 2.75) is 78.9 Å². The van der Waals surface area contributed by atoms with Crippen molar-refractivity contribution in [3.05, 3.63) is 229 Å². The number of aromatic nitrogens is 3. The van der Waals surface area contributed by atoms with Gasteiger partial charge in [0.15, 0.2) is 0 Å². The first-order valence-electron chi connectivity index (χ1n) is 27.5. The number of fused-ring (bicyclic) bond motifs is 9. The zero-order valence-electron chi connectivity index (χ0n) is 46.8. The van der Waals surface area contributed by atoms with Crippen LogP contribution in [0.4, 0.5) is 0 Å². The van der Waals surface area contributed by atoms with Gasteiger partial charge in [-0.3, -0.25) is 4.98 Å². The summed E-state index contributed by atoms with van der Waals surface area (Å²) in [6.07, 6.45) is 1.98. The van der Waals surface area contributed by atoms with Crippen molar-refractivity contribution in [3.8, 4) is 50.6 Å². The van der Waals surface area contributed by atoms with Gasteiger partial charge in [0.25, 0.3) is 0 Å². The van der Waals surface area contributed by atoms with E-state index in [1.54, 1.807) is 0 Å². The zero-order valence-corrected chi connectivity index (χ0v) is 49.2. The molecule has 3 aromatic heterocycles. The van der Waals surface area contributed by atoms with E-state index in [-0.39, 0.29) is 31.9 Å². The molecule has 4 nitrogen and oxygen atoms in total. The molecular formula is C72H63IrN3OSi-2. The Balaban J connectivity index is 0.000000267. The summed E-state index contributed by atoms with van der Waals surface area (Å²) in [5, 5.41) is 10.6. The minimum atomic E-state index is -1.50. The normalized spacial score (nSPS) is 12.2. The topological polar surface area (TPSA) is 43.9 Å². The SMILES string of the molecule is CC(C)c1cc(-c2ccccc2)cc(C(C)C)c1-n1c(-c2[c-]cc(-c3ccccc3)c3c2oc2cc4c(ccc5ccccc54)cc23)nc2ccc3ccccc3c21.[2H]C(C)(C)c1cc(-c2[c-]cccc2)ncc1[Si](C)(C)C.[Ir]. The molecular weight excluding hydrogens is 1140 g/mol. The molecule has 13 rings (SSSR count). The Hall–Kier alpha value is -7.73. The summed E-state index contributed by atoms with van der Waals surface area (Å²) < 4.78 is 18.1. The minimum absolute atomic E-state index is 0. The second-order valence-electron chi connectivity index (χ2n) is 22.4. The molecule has 13 aromatic rings. The maximum atomic E-state index is 8.44. The Morgan fingerprint density at radius 3 is 1.83 bits per heavy atom. The standard InChI is InChI=1S/C55H41N2O.C17H22NSi.Ir/c1-33(2)45-30-40(35-15-7-5-8-16-35)31-46(34(3)4)52(45)57-53-43-22-14-12-20-38(43)25-28-49(53)56-55(57)44-27-26-42(36-17-9-6-10-18-36)51-48-29-39-24-23-37-19-11-13-21-41(37)47(39)32-50(48)58-54(44)51;1-13(2)15-11-16(14-9-7-6-8-10-14)18-12-17(15)19(3,4)5;/h5-26,28-34H,1-4H3;6-9,11-13H,1-5H3;/q2*-1;/i;13D;. The Morgan fingerprint density at radius 2 is 1.18 bits per heavy atom. The Labute approximate surface area is 474 Å². The number of rotatable bonds is 9. The van der Waals surface area contributed by atoms with Crippen LogP contribution in [0.1, 0.15) is 77.3 Å². The van der Waals surface area contributed by atoms with Gasteiger partial charge >= 0.3 is 0 Å². The Morgan fingerprint density at radius 1 is 0.564 bits per heavy atom. The molecule has 10 aromatic carbocycles. The summed E-state index contributed by atoms with van der Waals surface area (Å²) in [5.74, 6) is 0.673. The van der Waals surface area contributed by atoms with Crippen LogP contribution in [-0.4, -0.2) is 22.6 Å². The molecule has 0 fully saturated rings. The Bertz CT molecular complexity index is 4370. The number of furan rings is 1. The van der Waals surface area contributed by atoms with Crippen molar-refractivity contribution in [2.24, 2.45) is 0 Å². The fraction of sp³-hybridized carbons (Fsp3) is 0.167. The summed E-state index contributed by atoms with van der Waals surface area (Å²) in [6.45, 7) is 20.0. The smallest absolute Gasteiger partial charge is 0.121 e. The molecule has 0 aliphatic carbocycles. The third kappa shape index (κ3) is 9.51. The van der Waals surface area contributed by atoms with Crippen molar-refractivity contribution in [1.82, 2.24) is 14.5 Å². The zero-order chi connectivity index (χ0) is 54.0. The second kappa shape index (κ2) is 21.2. The first-order valence-corrected chi connectivity index (χ1v) is 30.5. The van der Waals surface area contributed by atoms with Gasteiger partial charge in [0.05, 0.1) is 30.5 Å². The van der Waals surface area contributed by atoms with Gasteiger partial charge < -0.3 is 14.0 Å². The molecule has 0 aliphatic rings. The first kappa shape index (κ1) is 51.0. The van der Waals surface area contributed by atoms with Crippen LogP contribution in [0, 0.1) is 12.1 Å². The number of imidazole rings is 1. The summed E-state index contributed by atoms with van der Waals surface area (Å²) in [5.41, 5.74) is 15.9. The second-order valence-corrected chi connectivity index (χ2v) is 27.4. The van der Waals surface area contributed by atoms with Crippen LogP contribution in [-0.2, 0) is 20.1 Å². The van der Waals surface area contributed by atoms with E-state index in [1.165, 1.54) is 60.1 Å². The number of hydrogen-bond acceptors (Lipinski definition) is 3. The predicted molar refractivity (Wildman–Crippen MR) is 330 cm³/mol. The Kier molecular flexibility index (Phi) is 13.9. The molecule has 0 saturated heterocycles. The molecule has 0 unspecified atom stereocenters. The van der Waals surface area contributed by atoms with E-state index < -0.39 is 14.0 Å². The average Bonchev–Trinajstić information content (AvgIpc) is 4.25. The van der Waals surface area contributed by atoms with Gasteiger partial charge in [0, 0.05) is 44.1 Å². The molecule has 0 N–H and O–H groups in total.